The number of nitrogens with zero attached hydrogens (tertiary/aromatic N) is 7. The predicted octanol–water partition coefficient (Wildman–Crippen LogP) is 20.6. The molecule has 0 N–H and O–H groups in total. The van der Waals surface area contributed by atoms with Crippen molar-refractivity contribution in [3.05, 3.63) is 281 Å². The van der Waals surface area contributed by atoms with E-state index in [-0.39, 0.29) is 5.56 Å². The summed E-state index contributed by atoms with van der Waals surface area (Å²) in [5.74, 6) is 0. The highest BCUT2D eigenvalue weighted by Gasteiger charge is 2.35. The Morgan fingerprint density at radius 2 is 0.819 bits per heavy atom. The summed E-state index contributed by atoms with van der Waals surface area (Å²) in [5, 5.41) is 23.8. The van der Waals surface area contributed by atoms with Crippen molar-refractivity contribution in [2.45, 2.75) is 13.1 Å². The summed E-state index contributed by atoms with van der Waals surface area (Å²) in [6.07, 6.45) is -4.69. The van der Waals surface area contributed by atoms with Gasteiger partial charge < -0.3 is 9.13 Å². The number of halogens is 3. The van der Waals surface area contributed by atoms with Crippen molar-refractivity contribution in [3.63, 3.8) is 0 Å². The van der Waals surface area contributed by atoms with Crippen LogP contribution in [-0.4, -0.2) is 9.13 Å². The maximum Gasteiger partial charge on any atom is 0.417 e. The highest BCUT2D eigenvalue weighted by Crippen LogP contribution is 2.48. The highest BCUT2D eigenvalue weighted by atomic mass is 19.4. The third kappa shape index (κ3) is 8.50. The summed E-state index contributed by atoms with van der Waals surface area (Å²) < 4.78 is 50.0. The normalized spacial score (nSPS) is 11.3. The molecular weight excluding hydrogens is 1030 g/mol. The van der Waals surface area contributed by atoms with Gasteiger partial charge >= 0.3 is 6.18 Å². The van der Waals surface area contributed by atoms with E-state index < -0.39 is 11.7 Å². The minimum atomic E-state index is -4.69. The number of para-hydroxylation sites is 2. The Morgan fingerprint density at radius 3 is 1.28 bits per heavy atom. The Bertz CT molecular complexity index is 4890. The molecule has 83 heavy (non-hydrogen) atoms. The first kappa shape index (κ1) is 50.7. The van der Waals surface area contributed by atoms with Crippen LogP contribution in [0.1, 0.15) is 22.3 Å². The van der Waals surface area contributed by atoms with Crippen LogP contribution in [0.25, 0.3) is 136 Å². The molecule has 0 spiro atoms. The minimum Gasteiger partial charge on any atom is -0.309 e. The molecule has 0 aliphatic carbocycles. The Morgan fingerprint density at radius 1 is 0.386 bits per heavy atom. The molecule has 0 atom stereocenters. The molecule has 0 saturated carbocycles. The van der Waals surface area contributed by atoms with Gasteiger partial charge in [0.05, 0.1) is 82.0 Å². The lowest BCUT2D eigenvalue weighted by atomic mass is 9.91. The topological polar surface area (TPSA) is 70.5 Å². The molecule has 2 aromatic heterocycles. The van der Waals surface area contributed by atoms with Gasteiger partial charge in [-0.2, -0.15) is 23.7 Å². The van der Waals surface area contributed by atoms with Crippen molar-refractivity contribution >= 4 is 60.7 Å². The SMILES string of the molecule is [C-]#[N+]c1ccc(-n2c3ccc(-c4ccccc4C#N)cc3c3cc(-c4ccccc4[N+]#[C-])ccc32)c(-c2ccc(-c3c(C)cccc3C(F)(F)F)cc2-n2c3ccc(-c4ccccc4C#N)cc3c3cc(-c4ccccc4[N+]#[C-])ccc32)c1. The maximum atomic E-state index is 15.3. The van der Waals surface area contributed by atoms with Crippen molar-refractivity contribution in [2.24, 2.45) is 0 Å². The van der Waals surface area contributed by atoms with Gasteiger partial charge in [0.15, 0.2) is 17.1 Å². The molecule has 0 amide bonds. The van der Waals surface area contributed by atoms with Crippen LogP contribution in [0.5, 0.6) is 0 Å². The zero-order valence-electron chi connectivity index (χ0n) is 44.1. The molecule has 10 heteroatoms. The second kappa shape index (κ2) is 20.2. The lowest BCUT2D eigenvalue weighted by Crippen LogP contribution is -2.08. The molecule has 11 aromatic carbocycles. The number of hydrogen-bond donors (Lipinski definition) is 0. The van der Waals surface area contributed by atoms with E-state index in [4.69, 9.17) is 19.7 Å². The molecule has 0 fully saturated rings. The first-order valence-electron chi connectivity index (χ1n) is 26.4. The average molecular weight is 1070 g/mol. The van der Waals surface area contributed by atoms with Crippen LogP contribution in [0.4, 0.5) is 30.2 Å². The van der Waals surface area contributed by atoms with E-state index in [1.54, 1.807) is 49.4 Å². The fourth-order valence-electron chi connectivity index (χ4n) is 11.9. The quantitative estimate of drug-likeness (QED) is 0.142. The number of fused-ring (bicyclic) bond motifs is 6. The number of hydrogen-bond acceptors (Lipinski definition) is 2. The van der Waals surface area contributed by atoms with Gasteiger partial charge in [-0.3, -0.25) is 0 Å². The van der Waals surface area contributed by atoms with Gasteiger partial charge in [0, 0.05) is 27.1 Å². The average Bonchev–Trinajstić information content (AvgIpc) is 2.21. The fraction of sp³-hybridized carbons (Fsp3) is 0.0274. The van der Waals surface area contributed by atoms with E-state index in [2.05, 4.69) is 47.9 Å². The van der Waals surface area contributed by atoms with Crippen LogP contribution in [0.3, 0.4) is 0 Å². The number of aromatic nitrogens is 2. The molecule has 0 aliphatic rings. The van der Waals surface area contributed by atoms with E-state index >= 15 is 13.2 Å². The van der Waals surface area contributed by atoms with Gasteiger partial charge in [0.2, 0.25) is 0 Å². The molecule has 13 aromatic rings. The standard InChI is InChI=1S/C73H40F3N7/c1-44-14-13-21-63(73(74,75)76)72(44)49-24-30-57(71(40-49)83-68-32-26-46(54-18-8-6-16-51(54)43-78)37-59(68)61-39-48(28-34-69(61)83)56-20-10-12-23-65(56)81-4)62-41-52(79-2)29-35-70(62)82-66-31-25-45(53-17-7-5-15-50(53)42-77)36-58(66)60-38-47(27-33-67(60)82)55-19-9-11-22-64(55)80-3/h5-41H,1H3. The number of aryl methyl sites for hydroxylation is 1. The zero-order chi connectivity index (χ0) is 57.1. The smallest absolute Gasteiger partial charge is 0.309 e. The van der Waals surface area contributed by atoms with Gasteiger partial charge in [-0.05, 0) is 159 Å². The monoisotopic (exact) mass is 1070 g/mol. The predicted molar refractivity (Wildman–Crippen MR) is 326 cm³/mol. The van der Waals surface area contributed by atoms with E-state index in [1.165, 1.54) is 6.07 Å². The van der Waals surface area contributed by atoms with Crippen molar-refractivity contribution in [1.29, 1.82) is 10.5 Å². The van der Waals surface area contributed by atoms with E-state index in [0.717, 1.165) is 83.2 Å². The van der Waals surface area contributed by atoms with Crippen LogP contribution in [-0.2, 0) is 6.18 Å². The second-order valence-corrected chi connectivity index (χ2v) is 20.2. The van der Waals surface area contributed by atoms with Crippen LogP contribution >= 0.6 is 0 Å². The van der Waals surface area contributed by atoms with Gasteiger partial charge in [-0.15, -0.1) is 0 Å². The highest BCUT2D eigenvalue weighted by molar-refractivity contribution is 6.14. The number of alkyl halides is 3. The largest absolute Gasteiger partial charge is 0.417 e. The van der Waals surface area contributed by atoms with Crippen LogP contribution in [0.15, 0.2) is 224 Å². The first-order chi connectivity index (χ1) is 40.5. The summed E-state index contributed by atoms with van der Waals surface area (Å²) in [6.45, 7) is 26.2. The number of benzene rings is 11. The molecular formula is C73H40F3N7. The number of rotatable bonds is 8. The van der Waals surface area contributed by atoms with Crippen molar-refractivity contribution in [3.8, 4) is 90.3 Å². The third-order valence-corrected chi connectivity index (χ3v) is 15.7. The van der Waals surface area contributed by atoms with E-state index in [9.17, 15) is 10.5 Å². The lowest BCUT2D eigenvalue weighted by molar-refractivity contribution is -0.137. The molecule has 0 radical (unpaired) electrons. The van der Waals surface area contributed by atoms with Gasteiger partial charge in [-0.25, -0.2) is 14.5 Å². The van der Waals surface area contributed by atoms with Crippen molar-refractivity contribution < 1.29 is 13.2 Å². The molecule has 2 heterocycles. The Hall–Kier alpha value is -11.7. The molecule has 0 bridgehead atoms. The van der Waals surface area contributed by atoms with E-state index in [0.29, 0.717) is 72.9 Å². The van der Waals surface area contributed by atoms with Crippen molar-refractivity contribution in [1.82, 2.24) is 9.13 Å². The van der Waals surface area contributed by atoms with Gasteiger partial charge in [0.1, 0.15) is 0 Å². The zero-order valence-corrected chi connectivity index (χ0v) is 44.1. The molecule has 0 aliphatic heterocycles. The van der Waals surface area contributed by atoms with Crippen molar-refractivity contribution in [2.75, 3.05) is 0 Å². The molecule has 13 rings (SSSR count). The maximum absolute atomic E-state index is 15.3. The number of nitriles is 2. The Kier molecular flexibility index (Phi) is 12.3. The summed E-state index contributed by atoms with van der Waals surface area (Å²) >= 11 is 0. The van der Waals surface area contributed by atoms with Crippen LogP contribution in [0.2, 0.25) is 0 Å². The molecule has 7 nitrogen and oxygen atoms in total. The Balaban J connectivity index is 1.15. The summed E-state index contributed by atoms with van der Waals surface area (Å²) in [7, 11) is 0. The van der Waals surface area contributed by atoms with Gasteiger partial charge in [-0.1, -0.05) is 140 Å². The first-order valence-corrected chi connectivity index (χ1v) is 26.4. The Labute approximate surface area is 475 Å². The summed E-state index contributed by atoms with van der Waals surface area (Å²) in [4.78, 5) is 11.7. The second-order valence-electron chi connectivity index (χ2n) is 20.2. The van der Waals surface area contributed by atoms with Crippen LogP contribution in [0, 0.1) is 49.3 Å². The third-order valence-electron chi connectivity index (χ3n) is 15.7. The summed E-state index contributed by atoms with van der Waals surface area (Å²) in [5.41, 5.74) is 13.9. The lowest BCUT2D eigenvalue weighted by Gasteiger charge is -2.22. The summed E-state index contributed by atoms with van der Waals surface area (Å²) in [6, 6.07) is 73.6. The molecule has 0 saturated heterocycles. The molecule has 388 valence electrons. The van der Waals surface area contributed by atoms with E-state index in [1.807, 2.05) is 158 Å². The minimum absolute atomic E-state index is 0.0314. The van der Waals surface area contributed by atoms with Crippen LogP contribution < -0.4 is 0 Å². The fourth-order valence-corrected chi connectivity index (χ4v) is 11.9. The van der Waals surface area contributed by atoms with Gasteiger partial charge in [0.25, 0.3) is 0 Å². The molecule has 0 unspecified atom stereocenters.